The average Bonchev–Trinajstić information content (AvgIpc) is 3.29. The van der Waals surface area contributed by atoms with Gasteiger partial charge in [-0.2, -0.15) is 0 Å². The molecule has 2 amide bonds. The monoisotopic (exact) mass is 394 g/mol. The Kier molecular flexibility index (Phi) is 4.86. The highest BCUT2D eigenvalue weighted by molar-refractivity contribution is 7.15. The number of carbonyl (C=O) groups is 2. The van der Waals surface area contributed by atoms with Crippen molar-refractivity contribution >= 4 is 28.1 Å². The van der Waals surface area contributed by atoms with Gasteiger partial charge in [0.15, 0.2) is 4.96 Å². The number of hydrazine groups is 1. The Hall–Kier alpha value is -3.52. The van der Waals surface area contributed by atoms with Gasteiger partial charge in [-0.1, -0.05) is 42.5 Å². The minimum Gasteiger partial charge on any atom is -0.294 e. The van der Waals surface area contributed by atoms with Crippen molar-refractivity contribution in [2.75, 3.05) is 0 Å². The lowest BCUT2D eigenvalue weighted by Gasteiger charge is -2.07. The molecule has 0 spiro atoms. The Labute approximate surface area is 163 Å². The minimum atomic E-state index is -0.712. The number of nitrogens with one attached hydrogen (secondary N) is 2. The third-order valence-electron chi connectivity index (χ3n) is 4.13. The van der Waals surface area contributed by atoms with Gasteiger partial charge in [-0.15, -0.1) is 11.3 Å². The summed E-state index contributed by atoms with van der Waals surface area (Å²) in [5, 5.41) is 1.84. The predicted molar refractivity (Wildman–Crippen MR) is 104 cm³/mol. The van der Waals surface area contributed by atoms with Crippen molar-refractivity contribution < 1.29 is 14.0 Å². The van der Waals surface area contributed by atoms with E-state index in [0.717, 1.165) is 21.9 Å². The molecule has 0 aliphatic carbocycles. The quantitative estimate of drug-likeness (QED) is 0.522. The van der Waals surface area contributed by atoms with Gasteiger partial charge in [0.05, 0.1) is 17.7 Å². The summed E-state index contributed by atoms with van der Waals surface area (Å²) in [6, 6.07) is 15.3. The molecule has 0 unspecified atom stereocenters. The molecule has 4 aromatic rings. The van der Waals surface area contributed by atoms with Crippen LogP contribution in [0.25, 0.3) is 16.2 Å². The van der Waals surface area contributed by atoms with E-state index in [1.807, 2.05) is 46.3 Å². The second-order valence-corrected chi connectivity index (χ2v) is 6.87. The SMILES string of the molecule is O=C(Cc1csc2nc(-c3ccccc3)cn12)NNC(=O)c1ccccc1F. The van der Waals surface area contributed by atoms with Gasteiger partial charge in [0.1, 0.15) is 5.82 Å². The average molecular weight is 394 g/mol. The molecule has 4 rings (SSSR count). The smallest absolute Gasteiger partial charge is 0.272 e. The summed E-state index contributed by atoms with van der Waals surface area (Å²) < 4.78 is 15.5. The number of rotatable bonds is 4. The summed E-state index contributed by atoms with van der Waals surface area (Å²) in [6.45, 7) is 0. The fourth-order valence-corrected chi connectivity index (χ4v) is 3.63. The first kappa shape index (κ1) is 17.9. The molecule has 2 aromatic carbocycles. The molecule has 0 saturated carbocycles. The summed E-state index contributed by atoms with van der Waals surface area (Å²) in [7, 11) is 0. The van der Waals surface area contributed by atoms with Crippen LogP contribution in [0.15, 0.2) is 66.2 Å². The molecule has 2 heterocycles. The highest BCUT2D eigenvalue weighted by atomic mass is 32.1. The van der Waals surface area contributed by atoms with Crippen molar-refractivity contribution in [2.24, 2.45) is 0 Å². The number of carbonyl (C=O) groups excluding carboxylic acids is 2. The van der Waals surface area contributed by atoms with Crippen LogP contribution in [0.1, 0.15) is 16.1 Å². The summed E-state index contributed by atoms with van der Waals surface area (Å²) >= 11 is 1.43. The van der Waals surface area contributed by atoms with Gasteiger partial charge in [0, 0.05) is 22.8 Å². The van der Waals surface area contributed by atoms with E-state index in [1.165, 1.54) is 29.5 Å². The second-order valence-electron chi connectivity index (χ2n) is 6.03. The number of thiazole rings is 1. The van der Waals surface area contributed by atoms with E-state index >= 15 is 0 Å². The van der Waals surface area contributed by atoms with E-state index in [-0.39, 0.29) is 12.0 Å². The number of hydrogen-bond donors (Lipinski definition) is 2. The molecule has 0 saturated heterocycles. The zero-order valence-electron chi connectivity index (χ0n) is 14.6. The number of nitrogens with zero attached hydrogens (tertiary/aromatic N) is 2. The fourth-order valence-electron chi connectivity index (χ4n) is 2.75. The van der Waals surface area contributed by atoms with E-state index in [2.05, 4.69) is 15.8 Å². The van der Waals surface area contributed by atoms with E-state index < -0.39 is 17.6 Å². The van der Waals surface area contributed by atoms with Crippen LogP contribution in [-0.4, -0.2) is 21.2 Å². The molecule has 28 heavy (non-hydrogen) atoms. The van der Waals surface area contributed by atoms with Crippen molar-refractivity contribution in [1.29, 1.82) is 0 Å². The molecule has 0 radical (unpaired) electrons. The van der Waals surface area contributed by atoms with Crippen LogP contribution in [-0.2, 0) is 11.2 Å². The number of imidazole rings is 1. The van der Waals surface area contributed by atoms with E-state index in [9.17, 15) is 14.0 Å². The number of hydrogen-bond acceptors (Lipinski definition) is 4. The topological polar surface area (TPSA) is 75.5 Å². The van der Waals surface area contributed by atoms with Crippen molar-refractivity contribution in [3.05, 3.63) is 83.2 Å². The largest absolute Gasteiger partial charge is 0.294 e. The van der Waals surface area contributed by atoms with Crippen LogP contribution in [0, 0.1) is 5.82 Å². The lowest BCUT2D eigenvalue weighted by atomic mass is 10.2. The molecular weight excluding hydrogens is 379 g/mol. The molecule has 2 aromatic heterocycles. The minimum absolute atomic E-state index is 0.0438. The Morgan fingerprint density at radius 3 is 2.57 bits per heavy atom. The van der Waals surface area contributed by atoms with E-state index in [4.69, 9.17) is 0 Å². The van der Waals surface area contributed by atoms with Gasteiger partial charge in [0.2, 0.25) is 5.91 Å². The van der Waals surface area contributed by atoms with Crippen LogP contribution < -0.4 is 10.9 Å². The Bertz CT molecular complexity index is 1150. The zero-order chi connectivity index (χ0) is 19.5. The molecular formula is C20H15FN4O2S. The van der Waals surface area contributed by atoms with E-state index in [1.54, 1.807) is 6.07 Å². The van der Waals surface area contributed by atoms with Crippen LogP contribution in [0.2, 0.25) is 0 Å². The summed E-state index contributed by atoms with van der Waals surface area (Å²) in [4.78, 5) is 29.5. The molecule has 2 N–H and O–H groups in total. The first-order valence-corrected chi connectivity index (χ1v) is 9.34. The lowest BCUT2D eigenvalue weighted by molar-refractivity contribution is -0.121. The van der Waals surface area contributed by atoms with Gasteiger partial charge >= 0.3 is 0 Å². The Morgan fingerprint density at radius 2 is 1.79 bits per heavy atom. The Morgan fingerprint density at radius 1 is 1.04 bits per heavy atom. The second kappa shape index (κ2) is 7.61. The maximum absolute atomic E-state index is 13.6. The molecule has 0 bridgehead atoms. The molecule has 0 fully saturated rings. The normalized spacial score (nSPS) is 10.8. The highest BCUT2D eigenvalue weighted by Gasteiger charge is 2.14. The van der Waals surface area contributed by atoms with Crippen molar-refractivity contribution in [1.82, 2.24) is 20.2 Å². The van der Waals surface area contributed by atoms with Gasteiger partial charge < -0.3 is 0 Å². The maximum Gasteiger partial charge on any atom is 0.272 e. The molecule has 6 nitrogen and oxygen atoms in total. The molecule has 8 heteroatoms. The number of halogens is 1. The predicted octanol–water partition coefficient (Wildman–Crippen LogP) is 3.21. The molecule has 140 valence electrons. The Balaban J connectivity index is 1.43. The summed E-state index contributed by atoms with van der Waals surface area (Å²) in [5.41, 5.74) is 6.97. The number of benzene rings is 2. The molecule has 0 aliphatic rings. The fraction of sp³-hybridized carbons (Fsp3) is 0.0500. The van der Waals surface area contributed by atoms with Crippen molar-refractivity contribution in [3.63, 3.8) is 0 Å². The lowest BCUT2D eigenvalue weighted by Crippen LogP contribution is -2.42. The van der Waals surface area contributed by atoms with Gasteiger partial charge in [0.25, 0.3) is 5.91 Å². The van der Waals surface area contributed by atoms with Crippen LogP contribution >= 0.6 is 11.3 Å². The van der Waals surface area contributed by atoms with E-state index in [0.29, 0.717) is 0 Å². The third kappa shape index (κ3) is 3.63. The molecule has 0 aliphatic heterocycles. The van der Waals surface area contributed by atoms with Crippen molar-refractivity contribution in [2.45, 2.75) is 6.42 Å². The first-order valence-electron chi connectivity index (χ1n) is 8.46. The number of fused-ring (bicyclic) bond motifs is 1. The number of amides is 2. The maximum atomic E-state index is 13.6. The van der Waals surface area contributed by atoms with Crippen molar-refractivity contribution in [3.8, 4) is 11.3 Å². The van der Waals surface area contributed by atoms with Crippen LogP contribution in [0.5, 0.6) is 0 Å². The van der Waals surface area contributed by atoms with Gasteiger partial charge in [-0.3, -0.25) is 24.8 Å². The third-order valence-corrected chi connectivity index (χ3v) is 5.02. The first-order chi connectivity index (χ1) is 13.6. The van der Waals surface area contributed by atoms with Gasteiger partial charge in [-0.05, 0) is 12.1 Å². The summed E-state index contributed by atoms with van der Waals surface area (Å²) in [5.74, 6) is -1.78. The number of aromatic nitrogens is 2. The van der Waals surface area contributed by atoms with Gasteiger partial charge in [-0.25, -0.2) is 9.37 Å². The van der Waals surface area contributed by atoms with Crippen LogP contribution in [0.4, 0.5) is 4.39 Å². The highest BCUT2D eigenvalue weighted by Crippen LogP contribution is 2.23. The summed E-state index contributed by atoms with van der Waals surface area (Å²) in [6.07, 6.45) is 1.92. The zero-order valence-corrected chi connectivity index (χ0v) is 15.4. The standard InChI is InChI=1S/C20H15FN4O2S/c21-16-9-5-4-8-15(16)19(27)24-23-18(26)10-14-12-28-20-22-17(11-25(14)20)13-6-2-1-3-7-13/h1-9,11-12H,10H2,(H,23,26)(H,24,27). The molecule has 0 atom stereocenters. The van der Waals surface area contributed by atoms with Crippen LogP contribution in [0.3, 0.4) is 0 Å².